The van der Waals surface area contributed by atoms with Crippen LogP contribution in [0.1, 0.15) is 23.2 Å². The van der Waals surface area contributed by atoms with Crippen LogP contribution in [0.15, 0.2) is 54.6 Å². The zero-order valence-corrected chi connectivity index (χ0v) is 15.7. The van der Waals surface area contributed by atoms with Crippen LogP contribution >= 0.6 is 23.8 Å². The third-order valence-corrected chi connectivity index (χ3v) is 3.84. The van der Waals surface area contributed by atoms with Crippen molar-refractivity contribution in [1.82, 2.24) is 16.2 Å². The second-order valence-electron chi connectivity index (χ2n) is 5.35. The topological polar surface area (TPSA) is 99.3 Å². The van der Waals surface area contributed by atoms with Crippen molar-refractivity contribution in [3.05, 3.63) is 65.2 Å². The minimum Gasteiger partial charge on any atom is -0.325 e. The van der Waals surface area contributed by atoms with E-state index in [1.807, 2.05) is 0 Å². The standard InChI is InChI=1S/C18H17ClN4O3S/c19-13-8-4-5-9-14(13)20-15(24)10-11-16(25)22-23-18(27)21-17(26)12-6-2-1-3-7-12/h1-9H,10-11H2,(H,20,24)(H,22,25)(H2,21,23,26,27). The van der Waals surface area contributed by atoms with Crippen LogP contribution in [0.3, 0.4) is 0 Å². The predicted molar refractivity (Wildman–Crippen MR) is 107 cm³/mol. The fourth-order valence-corrected chi connectivity index (χ4v) is 2.31. The highest BCUT2D eigenvalue weighted by molar-refractivity contribution is 7.80. The Morgan fingerprint density at radius 2 is 1.48 bits per heavy atom. The first-order valence-corrected chi connectivity index (χ1v) is 8.74. The Labute approximate surface area is 166 Å². The third kappa shape index (κ3) is 7.04. The molecular formula is C18H17ClN4O3S. The third-order valence-electron chi connectivity index (χ3n) is 3.31. The van der Waals surface area contributed by atoms with E-state index in [1.165, 1.54) is 0 Å². The number of hydrogen-bond acceptors (Lipinski definition) is 4. The molecule has 2 aromatic carbocycles. The van der Waals surface area contributed by atoms with Crippen LogP contribution in [-0.2, 0) is 9.59 Å². The van der Waals surface area contributed by atoms with E-state index < -0.39 is 11.8 Å². The van der Waals surface area contributed by atoms with E-state index in [2.05, 4.69) is 21.5 Å². The quantitative estimate of drug-likeness (QED) is 0.453. The Morgan fingerprint density at radius 1 is 0.852 bits per heavy atom. The van der Waals surface area contributed by atoms with Gasteiger partial charge >= 0.3 is 0 Å². The summed E-state index contributed by atoms with van der Waals surface area (Å²) < 4.78 is 0. The second kappa shape index (κ2) is 10.2. The Kier molecular flexibility index (Phi) is 7.72. The number of hydrazine groups is 1. The van der Waals surface area contributed by atoms with Crippen LogP contribution in [0.25, 0.3) is 0 Å². The molecule has 7 nitrogen and oxygen atoms in total. The first kappa shape index (κ1) is 20.3. The molecule has 140 valence electrons. The molecule has 0 aliphatic carbocycles. The molecule has 9 heteroatoms. The average molecular weight is 405 g/mol. The highest BCUT2D eigenvalue weighted by Crippen LogP contribution is 2.20. The number of carbonyl (C=O) groups is 3. The van der Waals surface area contributed by atoms with Gasteiger partial charge < -0.3 is 5.32 Å². The number of hydrogen-bond donors (Lipinski definition) is 4. The fraction of sp³-hybridized carbons (Fsp3) is 0.111. The summed E-state index contributed by atoms with van der Waals surface area (Å²) in [5, 5.41) is 5.40. The fourth-order valence-electron chi connectivity index (χ4n) is 1.99. The van der Waals surface area contributed by atoms with E-state index in [1.54, 1.807) is 54.6 Å². The summed E-state index contributed by atoms with van der Waals surface area (Å²) in [5.74, 6) is -1.21. The maximum Gasteiger partial charge on any atom is 0.257 e. The van der Waals surface area contributed by atoms with Crippen molar-refractivity contribution in [2.45, 2.75) is 12.8 Å². The minimum atomic E-state index is -0.458. The molecular weight excluding hydrogens is 388 g/mol. The monoisotopic (exact) mass is 404 g/mol. The van der Waals surface area contributed by atoms with Crippen molar-refractivity contribution in [2.24, 2.45) is 0 Å². The zero-order valence-electron chi connectivity index (χ0n) is 14.1. The van der Waals surface area contributed by atoms with Crippen LogP contribution in [-0.4, -0.2) is 22.8 Å². The van der Waals surface area contributed by atoms with Crippen molar-refractivity contribution < 1.29 is 14.4 Å². The molecule has 0 heterocycles. The summed E-state index contributed by atoms with van der Waals surface area (Å²) in [6.07, 6.45) is -0.111. The van der Waals surface area contributed by atoms with Crippen molar-refractivity contribution in [1.29, 1.82) is 0 Å². The molecule has 0 radical (unpaired) electrons. The van der Waals surface area contributed by atoms with Gasteiger partial charge in [-0.2, -0.15) is 0 Å². The van der Waals surface area contributed by atoms with Gasteiger partial charge in [0.2, 0.25) is 11.8 Å². The Hall–Kier alpha value is -2.97. The maximum absolute atomic E-state index is 11.9. The van der Waals surface area contributed by atoms with Gasteiger partial charge in [0.05, 0.1) is 10.7 Å². The van der Waals surface area contributed by atoms with Crippen LogP contribution < -0.4 is 21.5 Å². The number of carbonyl (C=O) groups excluding carboxylic acids is 3. The zero-order chi connectivity index (χ0) is 19.6. The molecule has 0 spiro atoms. The van der Waals surface area contributed by atoms with E-state index in [4.69, 9.17) is 23.8 Å². The molecule has 0 aromatic heterocycles. The molecule has 0 fully saturated rings. The van der Waals surface area contributed by atoms with Crippen molar-refractivity contribution >= 4 is 52.3 Å². The Morgan fingerprint density at radius 3 is 2.19 bits per heavy atom. The van der Waals surface area contributed by atoms with Crippen molar-refractivity contribution in [3.63, 3.8) is 0 Å². The molecule has 0 bridgehead atoms. The predicted octanol–water partition coefficient (Wildman–Crippen LogP) is 2.39. The van der Waals surface area contributed by atoms with Crippen LogP contribution in [0.2, 0.25) is 5.02 Å². The number of nitrogens with one attached hydrogen (secondary N) is 4. The number of halogens is 1. The van der Waals surface area contributed by atoms with Crippen molar-refractivity contribution in [3.8, 4) is 0 Å². The van der Waals surface area contributed by atoms with E-state index >= 15 is 0 Å². The number of benzene rings is 2. The summed E-state index contributed by atoms with van der Waals surface area (Å²) >= 11 is 10.9. The molecule has 3 amide bonds. The van der Waals surface area contributed by atoms with Gasteiger partial charge in [0, 0.05) is 18.4 Å². The average Bonchev–Trinajstić information content (AvgIpc) is 2.67. The molecule has 0 atom stereocenters. The van der Waals surface area contributed by atoms with Gasteiger partial charge in [0.25, 0.3) is 5.91 Å². The maximum atomic E-state index is 11.9. The van der Waals surface area contributed by atoms with Gasteiger partial charge in [-0.05, 0) is 36.5 Å². The molecule has 4 N–H and O–H groups in total. The molecule has 0 saturated carbocycles. The first-order valence-electron chi connectivity index (χ1n) is 7.95. The summed E-state index contributed by atoms with van der Waals surface area (Å²) in [6, 6.07) is 15.3. The number of thiocarbonyl (C=S) groups is 1. The lowest BCUT2D eigenvalue weighted by molar-refractivity contribution is -0.124. The SMILES string of the molecule is O=C(CCC(=O)Nc1ccccc1Cl)NNC(=S)NC(=O)c1ccccc1. The summed E-state index contributed by atoms with van der Waals surface area (Å²) in [7, 11) is 0. The van der Waals surface area contributed by atoms with Gasteiger partial charge in [-0.1, -0.05) is 41.9 Å². The van der Waals surface area contributed by atoms with E-state index in [0.717, 1.165) is 0 Å². The number of rotatable bonds is 5. The molecule has 2 rings (SSSR count). The lowest BCUT2D eigenvalue weighted by Crippen LogP contribution is -2.48. The van der Waals surface area contributed by atoms with E-state index in [0.29, 0.717) is 16.3 Å². The Balaban J connectivity index is 1.68. The summed E-state index contributed by atoms with van der Waals surface area (Å²) in [6.45, 7) is 0. The molecule has 0 saturated heterocycles. The smallest absolute Gasteiger partial charge is 0.257 e. The van der Waals surface area contributed by atoms with Crippen LogP contribution in [0, 0.1) is 0 Å². The van der Waals surface area contributed by atoms with Gasteiger partial charge in [-0.25, -0.2) is 0 Å². The number of amides is 3. The van der Waals surface area contributed by atoms with Crippen LogP contribution in [0.5, 0.6) is 0 Å². The number of para-hydroxylation sites is 1. The molecule has 2 aromatic rings. The summed E-state index contributed by atoms with van der Waals surface area (Å²) in [5.41, 5.74) is 5.65. The van der Waals surface area contributed by atoms with Crippen LogP contribution in [0.4, 0.5) is 5.69 Å². The number of anilines is 1. The Bertz CT molecular complexity index is 846. The largest absolute Gasteiger partial charge is 0.325 e. The minimum absolute atomic E-state index is 0.0398. The van der Waals surface area contributed by atoms with Gasteiger partial charge in [-0.3, -0.25) is 30.6 Å². The van der Waals surface area contributed by atoms with Gasteiger partial charge in [-0.15, -0.1) is 0 Å². The second-order valence-corrected chi connectivity index (χ2v) is 6.17. The highest BCUT2D eigenvalue weighted by Gasteiger charge is 2.10. The normalized spacial score (nSPS) is 9.81. The lowest BCUT2D eigenvalue weighted by Gasteiger charge is -2.11. The van der Waals surface area contributed by atoms with Crippen molar-refractivity contribution in [2.75, 3.05) is 5.32 Å². The summed E-state index contributed by atoms with van der Waals surface area (Å²) in [4.78, 5) is 35.5. The lowest BCUT2D eigenvalue weighted by atomic mass is 10.2. The molecule has 0 unspecified atom stereocenters. The van der Waals surface area contributed by atoms with E-state index in [9.17, 15) is 14.4 Å². The highest BCUT2D eigenvalue weighted by atomic mass is 35.5. The van der Waals surface area contributed by atoms with Gasteiger partial charge in [0.15, 0.2) is 5.11 Å². The molecule has 0 aliphatic heterocycles. The van der Waals surface area contributed by atoms with E-state index in [-0.39, 0.29) is 23.9 Å². The molecule has 0 aliphatic rings. The molecule has 27 heavy (non-hydrogen) atoms. The first-order chi connectivity index (χ1) is 13.0. The van der Waals surface area contributed by atoms with Gasteiger partial charge in [0.1, 0.15) is 0 Å².